The first-order valence-electron chi connectivity index (χ1n) is 8.03. The molecule has 5 nitrogen and oxygen atoms in total. The minimum Gasteiger partial charge on any atom is -0.410 e. The zero-order valence-electron chi connectivity index (χ0n) is 16.0. The van der Waals surface area contributed by atoms with E-state index in [9.17, 15) is 0 Å². The molecular weight excluding hydrogens is 401 g/mol. The molecule has 1 saturated heterocycles. The molecule has 1 heterocycles. The summed E-state index contributed by atoms with van der Waals surface area (Å²) >= 11 is 0. The van der Waals surface area contributed by atoms with Crippen molar-refractivity contribution in [2.24, 2.45) is 0 Å². The molecule has 0 aromatic carbocycles. The van der Waals surface area contributed by atoms with Crippen molar-refractivity contribution in [2.75, 3.05) is 0 Å². The predicted molar refractivity (Wildman–Crippen MR) is 115 cm³/mol. The van der Waals surface area contributed by atoms with Crippen molar-refractivity contribution >= 4 is 42.8 Å². The average molecular weight is 431 g/mol. The molecule has 0 atom stereocenters. The summed E-state index contributed by atoms with van der Waals surface area (Å²) in [6.45, 7) is 29.3. The maximum atomic E-state index is 6.40. The number of hydrogen-bond donors (Lipinski definition) is 0. The van der Waals surface area contributed by atoms with Gasteiger partial charge in [0.2, 0.25) is 0 Å². The van der Waals surface area contributed by atoms with Gasteiger partial charge in [0.25, 0.3) is 0 Å². The molecule has 10 heteroatoms. The molecule has 0 radical (unpaired) electrons. The lowest BCUT2D eigenvalue weighted by Crippen LogP contribution is -2.65. The van der Waals surface area contributed by atoms with Crippen LogP contribution in [0.25, 0.3) is 0 Å². The van der Waals surface area contributed by atoms with Crippen LogP contribution >= 0.6 is 0 Å². The van der Waals surface area contributed by atoms with Gasteiger partial charge >= 0.3 is 42.8 Å². The Labute approximate surface area is 157 Å². The van der Waals surface area contributed by atoms with E-state index in [0.717, 1.165) is 0 Å². The molecule has 0 N–H and O–H groups in total. The van der Waals surface area contributed by atoms with Crippen molar-refractivity contribution in [3.63, 3.8) is 0 Å². The highest BCUT2D eigenvalue weighted by molar-refractivity contribution is 6.98. The molecule has 140 valence electrons. The van der Waals surface area contributed by atoms with E-state index in [4.69, 9.17) is 20.6 Å². The van der Waals surface area contributed by atoms with E-state index >= 15 is 0 Å². The van der Waals surface area contributed by atoms with Crippen molar-refractivity contribution in [3.8, 4) is 0 Å². The molecule has 0 aromatic heterocycles. The summed E-state index contributed by atoms with van der Waals surface area (Å²) in [7, 11) is -14.0. The molecule has 0 unspecified atom stereocenters. The molecule has 1 rings (SSSR count). The Morgan fingerprint density at radius 1 is 0.400 bits per heavy atom. The van der Waals surface area contributed by atoms with E-state index < -0.39 is 42.8 Å². The standard InChI is InChI=1S/C15H30O5Si5/c1-11-21(6)16-22(7,12-2)18-24(9,14-4)20-25(10,15-5)19-23(8,13-3)17-21/h11-15H,1-5H2,6-10H3. The smallest absolute Gasteiger partial charge is 0.344 e. The second-order valence-corrected chi connectivity index (χ2v) is 22.9. The summed E-state index contributed by atoms with van der Waals surface area (Å²) < 4.78 is 32.0. The van der Waals surface area contributed by atoms with Gasteiger partial charge in [-0.15, -0.1) is 32.9 Å². The van der Waals surface area contributed by atoms with Gasteiger partial charge in [0.1, 0.15) is 0 Å². The van der Waals surface area contributed by atoms with Gasteiger partial charge in [0.05, 0.1) is 0 Å². The summed E-state index contributed by atoms with van der Waals surface area (Å²) in [6.07, 6.45) is 0. The molecule has 0 aromatic rings. The van der Waals surface area contributed by atoms with Gasteiger partial charge in [0.15, 0.2) is 0 Å². The minimum atomic E-state index is -2.80. The van der Waals surface area contributed by atoms with Crippen LogP contribution in [-0.2, 0) is 20.6 Å². The fraction of sp³-hybridized carbons (Fsp3) is 0.333. The van der Waals surface area contributed by atoms with E-state index in [1.165, 1.54) is 0 Å². The maximum Gasteiger partial charge on any atom is 0.344 e. The molecule has 0 aliphatic carbocycles. The lowest BCUT2D eigenvalue weighted by atomic mass is 11.3. The van der Waals surface area contributed by atoms with E-state index in [0.29, 0.717) is 0 Å². The van der Waals surface area contributed by atoms with Gasteiger partial charge in [0, 0.05) is 0 Å². The summed E-state index contributed by atoms with van der Waals surface area (Å²) in [5.41, 5.74) is 8.71. The second-order valence-electron chi connectivity index (χ2n) is 6.61. The maximum absolute atomic E-state index is 6.40. The van der Waals surface area contributed by atoms with E-state index in [1.807, 2.05) is 32.7 Å². The number of hydrogen-bond acceptors (Lipinski definition) is 5. The molecular formula is C15H30O5Si5. The van der Waals surface area contributed by atoms with Crippen molar-refractivity contribution in [3.05, 3.63) is 61.4 Å². The van der Waals surface area contributed by atoms with Crippen LogP contribution in [0.15, 0.2) is 61.4 Å². The van der Waals surface area contributed by atoms with E-state index in [2.05, 4.69) is 32.9 Å². The van der Waals surface area contributed by atoms with Crippen LogP contribution in [0.4, 0.5) is 0 Å². The topological polar surface area (TPSA) is 46.2 Å². The Morgan fingerprint density at radius 2 is 0.520 bits per heavy atom. The van der Waals surface area contributed by atoms with Gasteiger partial charge in [-0.3, -0.25) is 0 Å². The molecule has 0 spiro atoms. The zero-order chi connectivity index (χ0) is 19.6. The zero-order valence-corrected chi connectivity index (χ0v) is 21.0. The van der Waals surface area contributed by atoms with Gasteiger partial charge in [-0.05, 0) is 32.7 Å². The highest BCUT2D eigenvalue weighted by Crippen LogP contribution is 2.32. The molecule has 0 bridgehead atoms. The van der Waals surface area contributed by atoms with Crippen LogP contribution in [0, 0.1) is 0 Å². The quantitative estimate of drug-likeness (QED) is 0.615. The van der Waals surface area contributed by atoms with Crippen molar-refractivity contribution in [1.29, 1.82) is 0 Å². The third-order valence-electron chi connectivity index (χ3n) is 3.88. The Kier molecular flexibility index (Phi) is 6.95. The summed E-state index contributed by atoms with van der Waals surface area (Å²) in [4.78, 5) is 0. The lowest BCUT2D eigenvalue weighted by Gasteiger charge is -2.46. The van der Waals surface area contributed by atoms with Crippen LogP contribution in [0.5, 0.6) is 0 Å². The fourth-order valence-electron chi connectivity index (χ4n) is 2.53. The summed E-state index contributed by atoms with van der Waals surface area (Å²) in [6, 6.07) is 0. The van der Waals surface area contributed by atoms with Crippen molar-refractivity contribution in [2.45, 2.75) is 32.7 Å². The molecule has 1 aliphatic rings. The van der Waals surface area contributed by atoms with E-state index in [1.54, 1.807) is 28.5 Å². The molecule has 25 heavy (non-hydrogen) atoms. The van der Waals surface area contributed by atoms with Crippen molar-refractivity contribution < 1.29 is 20.6 Å². The monoisotopic (exact) mass is 430 g/mol. The Morgan fingerprint density at radius 3 is 0.600 bits per heavy atom. The fourth-order valence-corrected chi connectivity index (χ4v) is 24.7. The predicted octanol–water partition coefficient (Wildman–Crippen LogP) is 4.07. The summed E-state index contributed by atoms with van der Waals surface area (Å²) in [5.74, 6) is 0. The Hall–Kier alpha value is -0.416. The molecule has 1 aliphatic heterocycles. The van der Waals surface area contributed by atoms with E-state index in [-0.39, 0.29) is 0 Å². The normalized spacial score (nSPS) is 45.8. The van der Waals surface area contributed by atoms with Crippen LogP contribution in [0.1, 0.15) is 0 Å². The third-order valence-corrected chi connectivity index (χ3v) is 23.8. The van der Waals surface area contributed by atoms with Crippen LogP contribution in [0.3, 0.4) is 0 Å². The largest absolute Gasteiger partial charge is 0.410 e. The number of rotatable bonds is 5. The first kappa shape index (κ1) is 22.6. The summed E-state index contributed by atoms with van der Waals surface area (Å²) in [5, 5.41) is 0. The van der Waals surface area contributed by atoms with Crippen molar-refractivity contribution in [1.82, 2.24) is 0 Å². The highest BCUT2D eigenvalue weighted by Gasteiger charge is 2.54. The van der Waals surface area contributed by atoms with Gasteiger partial charge in [-0.1, -0.05) is 28.5 Å². The van der Waals surface area contributed by atoms with Crippen LogP contribution in [-0.4, -0.2) is 42.8 Å². The lowest BCUT2D eigenvalue weighted by molar-refractivity contribution is 0.251. The molecule has 1 fully saturated rings. The van der Waals surface area contributed by atoms with Gasteiger partial charge in [-0.25, -0.2) is 0 Å². The molecule has 0 saturated carbocycles. The minimum absolute atomic E-state index is 1.74. The van der Waals surface area contributed by atoms with Gasteiger partial charge < -0.3 is 20.6 Å². The highest BCUT2D eigenvalue weighted by atomic mass is 28.5. The SMILES string of the molecule is C=C[Si]1(C)O[Si](C)(C=C)O[Si](C)(C=C)O[Si](C)(C=C)O[Si](C)(C=C)O1. The Bertz CT molecular complexity index is 453. The van der Waals surface area contributed by atoms with Gasteiger partial charge in [-0.2, -0.15) is 0 Å². The first-order valence-corrected chi connectivity index (χ1v) is 20.0. The Balaban J connectivity index is 3.56. The molecule has 0 amide bonds. The first-order chi connectivity index (χ1) is 11.3. The average Bonchev–Trinajstić information content (AvgIpc) is 2.53. The third kappa shape index (κ3) is 5.53. The van der Waals surface area contributed by atoms with Crippen LogP contribution in [0.2, 0.25) is 32.7 Å². The second kappa shape index (κ2) is 7.68. The van der Waals surface area contributed by atoms with Crippen LogP contribution < -0.4 is 0 Å².